The zero-order valence-electron chi connectivity index (χ0n) is 14.3. The number of halogens is 2. The Balaban J connectivity index is 0.00000182. The Bertz CT molecular complexity index is 1070. The predicted molar refractivity (Wildman–Crippen MR) is 107 cm³/mol. The molecule has 0 saturated heterocycles. The lowest BCUT2D eigenvalue weighted by Gasteiger charge is -2.13. The van der Waals surface area contributed by atoms with Gasteiger partial charge >= 0.3 is 0 Å². The number of aromatic amines is 1. The topological polar surface area (TPSA) is 41.1 Å². The van der Waals surface area contributed by atoms with Crippen LogP contribution in [-0.4, -0.2) is 36.1 Å². The Kier molecular flexibility index (Phi) is 4.78. The average Bonchev–Trinajstić information content (AvgIpc) is 2.90. The van der Waals surface area contributed by atoms with E-state index in [1.807, 2.05) is 24.4 Å². The molecule has 0 spiro atoms. The van der Waals surface area contributed by atoms with Gasteiger partial charge in [-0.25, -0.2) is 0 Å². The van der Waals surface area contributed by atoms with Crippen molar-refractivity contribution >= 4 is 56.7 Å². The Morgan fingerprint density at radius 2 is 1.92 bits per heavy atom. The van der Waals surface area contributed by atoms with Crippen LogP contribution in [0.5, 0.6) is 5.75 Å². The van der Waals surface area contributed by atoms with E-state index in [4.69, 9.17) is 16.3 Å². The van der Waals surface area contributed by atoms with Crippen molar-refractivity contribution in [1.82, 2.24) is 14.9 Å². The molecular formula is C19H19Cl2N3O. The number of fused-ring (bicyclic) bond motifs is 5. The monoisotopic (exact) mass is 375 g/mol. The lowest BCUT2D eigenvalue weighted by atomic mass is 10.1. The molecule has 0 atom stereocenters. The van der Waals surface area contributed by atoms with E-state index in [2.05, 4.69) is 41.1 Å². The summed E-state index contributed by atoms with van der Waals surface area (Å²) in [6.45, 7) is 0.823. The van der Waals surface area contributed by atoms with Crippen LogP contribution < -0.4 is 4.74 Å². The first-order valence-electron chi connectivity index (χ1n) is 7.78. The summed E-state index contributed by atoms with van der Waals surface area (Å²) in [5, 5.41) is 3.98. The summed E-state index contributed by atoms with van der Waals surface area (Å²) in [6, 6.07) is 10.1. The minimum absolute atomic E-state index is 0. The average molecular weight is 376 g/mol. The molecule has 4 aromatic rings. The molecule has 0 bridgehead atoms. The number of H-pyrrole nitrogens is 1. The highest BCUT2D eigenvalue weighted by atomic mass is 35.5. The number of aromatic nitrogens is 2. The summed E-state index contributed by atoms with van der Waals surface area (Å²) < 4.78 is 5.60. The smallest absolute Gasteiger partial charge is 0.124 e. The fourth-order valence-corrected chi connectivity index (χ4v) is 3.41. The van der Waals surface area contributed by atoms with Gasteiger partial charge in [0.2, 0.25) is 0 Å². The van der Waals surface area contributed by atoms with Crippen LogP contribution >= 0.6 is 24.0 Å². The van der Waals surface area contributed by atoms with Gasteiger partial charge in [-0.15, -0.1) is 12.4 Å². The van der Waals surface area contributed by atoms with E-state index in [-0.39, 0.29) is 12.4 Å². The predicted octanol–water partition coefficient (Wildman–Crippen LogP) is 5.01. The molecular weight excluding hydrogens is 357 g/mol. The number of ether oxygens (including phenoxy) is 1. The molecule has 1 N–H and O–H groups in total. The number of methoxy groups -OCH3 is 1. The van der Waals surface area contributed by atoms with Crippen LogP contribution in [0.2, 0.25) is 5.02 Å². The molecule has 6 heteroatoms. The summed E-state index contributed by atoms with van der Waals surface area (Å²) in [6.07, 6.45) is 1.90. The number of benzene rings is 2. The van der Waals surface area contributed by atoms with Gasteiger partial charge in [0.15, 0.2) is 0 Å². The zero-order valence-corrected chi connectivity index (χ0v) is 15.8. The quantitative estimate of drug-likeness (QED) is 0.546. The summed E-state index contributed by atoms with van der Waals surface area (Å²) in [5.41, 5.74) is 4.21. The zero-order chi connectivity index (χ0) is 16.8. The normalized spacial score (nSPS) is 11.4. The highest BCUT2D eigenvalue weighted by Crippen LogP contribution is 2.34. The number of nitrogens with zero attached hydrogens (tertiary/aromatic N) is 2. The van der Waals surface area contributed by atoms with E-state index in [1.165, 1.54) is 0 Å². The van der Waals surface area contributed by atoms with E-state index in [1.54, 1.807) is 7.11 Å². The Labute approximate surface area is 157 Å². The van der Waals surface area contributed by atoms with Gasteiger partial charge < -0.3 is 14.6 Å². The summed E-state index contributed by atoms with van der Waals surface area (Å²) >= 11 is 6.09. The van der Waals surface area contributed by atoms with E-state index in [0.29, 0.717) is 5.02 Å². The lowest BCUT2D eigenvalue weighted by Crippen LogP contribution is -2.11. The first kappa shape index (κ1) is 17.8. The number of nitrogens with one attached hydrogen (secondary N) is 1. The third-order valence-corrected chi connectivity index (χ3v) is 4.52. The second-order valence-electron chi connectivity index (χ2n) is 6.28. The maximum absolute atomic E-state index is 6.09. The largest absolute Gasteiger partial charge is 0.496 e. The van der Waals surface area contributed by atoms with Gasteiger partial charge in [-0.05, 0) is 44.4 Å². The van der Waals surface area contributed by atoms with Crippen LogP contribution in [0.4, 0.5) is 0 Å². The van der Waals surface area contributed by atoms with Crippen molar-refractivity contribution < 1.29 is 4.74 Å². The van der Waals surface area contributed by atoms with Crippen molar-refractivity contribution in [2.45, 2.75) is 6.54 Å². The fourth-order valence-electron chi connectivity index (χ4n) is 3.25. The molecule has 0 aliphatic carbocycles. The molecule has 2 aromatic heterocycles. The number of hydrogen-bond acceptors (Lipinski definition) is 3. The van der Waals surface area contributed by atoms with E-state index in [9.17, 15) is 0 Å². The van der Waals surface area contributed by atoms with Crippen LogP contribution in [-0.2, 0) is 6.54 Å². The van der Waals surface area contributed by atoms with Crippen molar-refractivity contribution in [2.75, 3.05) is 21.2 Å². The first-order chi connectivity index (χ1) is 11.6. The van der Waals surface area contributed by atoms with Crippen LogP contribution in [0.25, 0.3) is 32.7 Å². The Morgan fingerprint density at radius 1 is 1.12 bits per heavy atom. The molecule has 4 nitrogen and oxygen atoms in total. The maximum atomic E-state index is 6.09. The third-order valence-electron chi connectivity index (χ3n) is 4.29. The van der Waals surface area contributed by atoms with Crippen molar-refractivity contribution in [3.05, 3.63) is 47.1 Å². The SMILES string of the molecule is COc1cc2c(cc1CN(C)C)[nH]c1c3ccc(Cl)cc3ncc21.Cl. The number of hydrogen-bond donors (Lipinski definition) is 1. The van der Waals surface area contributed by atoms with Gasteiger partial charge in [0, 0.05) is 45.0 Å². The van der Waals surface area contributed by atoms with Gasteiger partial charge in [-0.1, -0.05) is 11.6 Å². The number of pyridine rings is 1. The van der Waals surface area contributed by atoms with Gasteiger partial charge in [0.05, 0.1) is 18.1 Å². The van der Waals surface area contributed by atoms with Crippen LogP contribution in [0.3, 0.4) is 0 Å². The molecule has 0 aliphatic rings. The highest BCUT2D eigenvalue weighted by Gasteiger charge is 2.13. The minimum Gasteiger partial charge on any atom is -0.496 e. The second kappa shape index (κ2) is 6.71. The van der Waals surface area contributed by atoms with Gasteiger partial charge in [0.25, 0.3) is 0 Å². The molecule has 4 rings (SSSR count). The summed E-state index contributed by atoms with van der Waals surface area (Å²) in [7, 11) is 5.82. The Morgan fingerprint density at radius 3 is 2.64 bits per heavy atom. The molecule has 0 amide bonds. The van der Waals surface area contributed by atoms with Crippen molar-refractivity contribution in [3.63, 3.8) is 0 Å². The van der Waals surface area contributed by atoms with E-state index >= 15 is 0 Å². The van der Waals surface area contributed by atoms with Crippen LogP contribution in [0.1, 0.15) is 5.56 Å². The Hall–Kier alpha value is -2.01. The summed E-state index contributed by atoms with van der Waals surface area (Å²) in [4.78, 5) is 10.2. The van der Waals surface area contributed by atoms with Gasteiger partial charge in [-0.3, -0.25) is 4.98 Å². The molecule has 25 heavy (non-hydrogen) atoms. The summed E-state index contributed by atoms with van der Waals surface area (Å²) in [5.74, 6) is 0.897. The van der Waals surface area contributed by atoms with E-state index in [0.717, 1.165) is 50.6 Å². The van der Waals surface area contributed by atoms with Crippen LogP contribution in [0, 0.1) is 0 Å². The van der Waals surface area contributed by atoms with Crippen LogP contribution in [0.15, 0.2) is 36.5 Å². The first-order valence-corrected chi connectivity index (χ1v) is 8.16. The molecule has 0 unspecified atom stereocenters. The van der Waals surface area contributed by atoms with E-state index < -0.39 is 0 Å². The van der Waals surface area contributed by atoms with Crippen molar-refractivity contribution in [3.8, 4) is 5.75 Å². The fraction of sp³-hybridized carbons (Fsp3) is 0.211. The highest BCUT2D eigenvalue weighted by molar-refractivity contribution is 6.31. The minimum atomic E-state index is 0. The second-order valence-corrected chi connectivity index (χ2v) is 6.72. The number of rotatable bonds is 3. The molecule has 0 fully saturated rings. The van der Waals surface area contributed by atoms with Crippen molar-refractivity contribution in [1.29, 1.82) is 0 Å². The van der Waals surface area contributed by atoms with Gasteiger partial charge in [0.1, 0.15) is 5.75 Å². The molecule has 2 heterocycles. The molecule has 0 saturated carbocycles. The van der Waals surface area contributed by atoms with Crippen molar-refractivity contribution in [2.24, 2.45) is 0 Å². The van der Waals surface area contributed by atoms with Gasteiger partial charge in [-0.2, -0.15) is 0 Å². The maximum Gasteiger partial charge on any atom is 0.124 e. The molecule has 130 valence electrons. The lowest BCUT2D eigenvalue weighted by molar-refractivity contribution is 0.372. The molecule has 2 aromatic carbocycles. The standard InChI is InChI=1S/C19H18ClN3O.ClH/c1-23(2)10-11-6-17-14(8-18(11)24-3)15-9-21-16-7-12(20)4-5-13(16)19(15)22-17;/h4-9,22H,10H2,1-3H3;1H. The molecule has 0 radical (unpaired) electrons. The third kappa shape index (κ3) is 3.01. The molecule has 0 aliphatic heterocycles.